The van der Waals surface area contributed by atoms with Crippen molar-refractivity contribution in [3.8, 4) is 11.5 Å². The summed E-state index contributed by atoms with van der Waals surface area (Å²) >= 11 is 10.4. The van der Waals surface area contributed by atoms with Gasteiger partial charge in [0.1, 0.15) is 23.4 Å². The van der Waals surface area contributed by atoms with Crippen LogP contribution in [0.15, 0.2) is 72.8 Å². The number of nitrogens with zero attached hydrogens (tertiary/aromatic N) is 2. The molecule has 4 rings (SSSR count). The molecule has 0 aliphatic carbocycles. The highest BCUT2D eigenvalue weighted by Crippen LogP contribution is 2.29. The molecule has 0 radical (unpaired) electrons. The molecule has 0 spiro atoms. The predicted octanol–water partition coefficient (Wildman–Crippen LogP) is 5.58. The van der Waals surface area contributed by atoms with E-state index >= 15 is 0 Å². The number of carbonyl (C=O) groups is 2. The smallest absolute Gasteiger partial charge is 0.487 e. The molecular weight excluding hydrogens is 555 g/mol. The van der Waals surface area contributed by atoms with Gasteiger partial charge in [-0.1, -0.05) is 12.1 Å². The Morgan fingerprint density at radius 1 is 1.03 bits per heavy atom. The van der Waals surface area contributed by atoms with Gasteiger partial charge in [0.05, 0.1) is 19.2 Å². The molecule has 1 fully saturated rings. The van der Waals surface area contributed by atoms with E-state index in [2.05, 4.69) is 10.1 Å². The molecule has 0 aromatic heterocycles. The molecule has 39 heavy (non-hydrogen) atoms. The highest BCUT2D eigenvalue weighted by Gasteiger charge is 2.44. The lowest BCUT2D eigenvalue weighted by atomic mass is 10.1. The lowest BCUT2D eigenvalue weighted by molar-refractivity contribution is -0.124. The lowest BCUT2D eigenvalue weighted by Gasteiger charge is -2.24. The molecule has 1 heterocycles. The lowest BCUT2D eigenvalue weighted by Crippen LogP contribution is -2.39. The van der Waals surface area contributed by atoms with Crippen molar-refractivity contribution in [1.29, 1.82) is 0 Å². The van der Waals surface area contributed by atoms with Gasteiger partial charge >= 0.3 is 5.57 Å². The second-order valence-corrected chi connectivity index (χ2v) is 9.37. The zero-order chi connectivity index (χ0) is 28.2. The van der Waals surface area contributed by atoms with Gasteiger partial charge in [0, 0.05) is 23.8 Å². The number of nitrogens with one attached hydrogen (secondary N) is 1. The molecule has 204 valence electrons. The first-order chi connectivity index (χ1) is 18.5. The molecule has 1 N–H and O–H groups in total. The number of benzene rings is 3. The molecule has 1 aliphatic rings. The second-order valence-electron chi connectivity index (χ2n) is 8.56. The van der Waals surface area contributed by atoms with Crippen LogP contribution >= 0.6 is 23.8 Å². The number of thiocarbonyl (C=S) groups is 1. The molecule has 3 aromatic rings. The van der Waals surface area contributed by atoms with Crippen LogP contribution in [-0.2, 0) is 16.0 Å². The van der Waals surface area contributed by atoms with Gasteiger partial charge in [-0.25, -0.2) is 4.39 Å². The number of ether oxygens (including phenoxy) is 2. The zero-order valence-corrected chi connectivity index (χ0v) is 22.1. The fraction of sp³-hybridized carbons (Fsp3) is 0.222. The summed E-state index contributed by atoms with van der Waals surface area (Å²) in [6.45, 7) is 0.339. The number of anilines is 2. The van der Waals surface area contributed by atoms with Gasteiger partial charge in [0.2, 0.25) is 5.91 Å². The van der Waals surface area contributed by atoms with E-state index in [4.69, 9.17) is 28.6 Å². The third-order valence-corrected chi connectivity index (χ3v) is 6.45. The average Bonchev–Trinajstić information content (AvgIpc) is 3.12. The molecule has 3 aromatic carbocycles. The van der Waals surface area contributed by atoms with E-state index in [1.807, 2.05) is 24.3 Å². The van der Waals surface area contributed by atoms with Crippen molar-refractivity contribution in [1.82, 2.24) is 4.90 Å². The van der Waals surface area contributed by atoms with E-state index in [0.29, 0.717) is 30.1 Å². The highest BCUT2D eigenvalue weighted by atomic mass is 35.5. The third kappa shape index (κ3) is 7.18. The summed E-state index contributed by atoms with van der Waals surface area (Å²) in [6.07, 6.45) is 0.288. The van der Waals surface area contributed by atoms with Crippen LogP contribution in [0.5, 0.6) is 11.5 Å². The van der Waals surface area contributed by atoms with Crippen LogP contribution in [0.1, 0.15) is 12.0 Å². The largest absolute Gasteiger partial charge is 0.497 e. The molecular formula is C27H23ClF3N3O4S. The minimum absolute atomic E-state index is 0.191. The molecule has 0 bridgehead atoms. The second kappa shape index (κ2) is 11.9. The van der Waals surface area contributed by atoms with Gasteiger partial charge < -0.3 is 19.7 Å². The number of rotatable bonds is 10. The van der Waals surface area contributed by atoms with Gasteiger partial charge in [-0.05, 0) is 84.9 Å². The molecule has 1 unspecified atom stereocenters. The summed E-state index contributed by atoms with van der Waals surface area (Å²) in [7, 11) is 1.57. The van der Waals surface area contributed by atoms with Crippen LogP contribution in [0, 0.1) is 5.82 Å². The Morgan fingerprint density at radius 3 is 2.23 bits per heavy atom. The Morgan fingerprint density at radius 2 is 1.64 bits per heavy atom. The quantitative estimate of drug-likeness (QED) is 0.251. The van der Waals surface area contributed by atoms with Gasteiger partial charge in [-0.2, -0.15) is 0 Å². The summed E-state index contributed by atoms with van der Waals surface area (Å²) in [5, 5.41) is 2.84. The Hall–Kier alpha value is -3.83. The Labute approximate surface area is 233 Å². The normalized spacial score (nSPS) is 15.5. The Kier molecular flexibility index (Phi) is 8.61. The van der Waals surface area contributed by atoms with Crippen LogP contribution in [0.3, 0.4) is 0 Å². The monoisotopic (exact) mass is 577 g/mol. The predicted molar refractivity (Wildman–Crippen MR) is 145 cm³/mol. The summed E-state index contributed by atoms with van der Waals surface area (Å²) in [6, 6.07) is 17.0. The van der Waals surface area contributed by atoms with E-state index in [1.165, 1.54) is 53.4 Å². The number of methoxy groups -OCH3 is 1. The number of hydrogen-bond donors (Lipinski definition) is 1. The highest BCUT2D eigenvalue weighted by molar-refractivity contribution is 7.80. The number of alkyl halides is 3. The summed E-state index contributed by atoms with van der Waals surface area (Å²) in [5.74, 6) is -0.871. The maximum atomic E-state index is 13.5. The van der Waals surface area contributed by atoms with Crippen molar-refractivity contribution in [2.45, 2.75) is 24.5 Å². The van der Waals surface area contributed by atoms with Crippen LogP contribution in [0.4, 0.5) is 24.5 Å². The van der Waals surface area contributed by atoms with Gasteiger partial charge in [0.25, 0.3) is 5.91 Å². The van der Waals surface area contributed by atoms with E-state index in [9.17, 15) is 22.8 Å². The van der Waals surface area contributed by atoms with E-state index in [-0.39, 0.29) is 17.3 Å². The summed E-state index contributed by atoms with van der Waals surface area (Å²) < 4.78 is 48.6. The van der Waals surface area contributed by atoms with Crippen molar-refractivity contribution in [3.63, 3.8) is 0 Å². The van der Waals surface area contributed by atoms with Crippen molar-refractivity contribution in [2.75, 3.05) is 23.9 Å². The number of carbonyl (C=O) groups excluding carboxylic acids is 2. The van der Waals surface area contributed by atoms with Crippen molar-refractivity contribution in [2.24, 2.45) is 0 Å². The SMILES string of the molecule is COc1ccc(CCN2C(=S)N(c3ccc(F)cc3)C(=O)C2CC(=O)Nc2ccc(OC(F)(F)Cl)cc2)cc1. The minimum atomic E-state index is -3.86. The van der Waals surface area contributed by atoms with E-state index in [1.54, 1.807) is 12.0 Å². The number of halogens is 4. The van der Waals surface area contributed by atoms with E-state index in [0.717, 1.165) is 5.56 Å². The Balaban J connectivity index is 1.50. The minimum Gasteiger partial charge on any atom is -0.497 e. The van der Waals surface area contributed by atoms with Crippen LogP contribution in [0.25, 0.3) is 0 Å². The first-order valence-electron chi connectivity index (χ1n) is 11.7. The molecule has 0 saturated carbocycles. The van der Waals surface area contributed by atoms with E-state index < -0.39 is 29.2 Å². The van der Waals surface area contributed by atoms with Crippen LogP contribution in [0.2, 0.25) is 0 Å². The number of hydrogen-bond acceptors (Lipinski definition) is 5. The number of amides is 2. The Bertz CT molecular complexity index is 1340. The first kappa shape index (κ1) is 28.2. The zero-order valence-electron chi connectivity index (χ0n) is 20.6. The fourth-order valence-corrected chi connectivity index (χ4v) is 4.59. The summed E-state index contributed by atoms with van der Waals surface area (Å²) in [4.78, 5) is 29.4. The molecule has 1 saturated heterocycles. The topological polar surface area (TPSA) is 71.1 Å². The fourth-order valence-electron chi connectivity index (χ4n) is 4.08. The standard InChI is InChI=1S/C27H23ClF3N3O4S/c1-37-21-10-2-17(3-11-21)14-15-33-23(25(36)34(26(33)39)20-8-4-18(29)5-9-20)16-24(35)32-19-6-12-22(13-7-19)38-27(28,30)31/h2-13,23H,14-16H2,1H3,(H,32,35). The van der Waals surface area contributed by atoms with Gasteiger partial charge in [-0.3, -0.25) is 14.5 Å². The maximum absolute atomic E-state index is 13.5. The molecule has 1 aliphatic heterocycles. The summed E-state index contributed by atoms with van der Waals surface area (Å²) in [5.41, 5.74) is -2.20. The first-order valence-corrected chi connectivity index (χ1v) is 12.5. The molecule has 12 heteroatoms. The third-order valence-electron chi connectivity index (χ3n) is 5.95. The van der Waals surface area contributed by atoms with Crippen LogP contribution < -0.4 is 19.7 Å². The van der Waals surface area contributed by atoms with Crippen LogP contribution in [-0.4, -0.2) is 47.1 Å². The van der Waals surface area contributed by atoms with Crippen molar-refractivity contribution < 1.29 is 32.2 Å². The average molecular weight is 578 g/mol. The van der Waals surface area contributed by atoms with Crippen molar-refractivity contribution in [3.05, 3.63) is 84.2 Å². The maximum Gasteiger partial charge on any atom is 0.487 e. The molecule has 1 atom stereocenters. The van der Waals surface area contributed by atoms with Crippen molar-refractivity contribution >= 4 is 52.1 Å². The molecule has 7 nitrogen and oxygen atoms in total. The molecule has 2 amide bonds. The van der Waals surface area contributed by atoms with Gasteiger partial charge in [-0.15, -0.1) is 8.78 Å². The van der Waals surface area contributed by atoms with Gasteiger partial charge in [0.15, 0.2) is 5.11 Å².